The van der Waals surface area contributed by atoms with Gasteiger partial charge in [-0.3, -0.25) is 5.41 Å². The van der Waals surface area contributed by atoms with E-state index < -0.39 is 0 Å². The molecule has 0 aliphatic rings. The minimum absolute atomic E-state index is 0.261. The second-order valence-electron chi connectivity index (χ2n) is 4.19. The molecule has 0 aliphatic heterocycles. The third-order valence-corrected chi connectivity index (χ3v) is 2.48. The molecule has 0 heterocycles. The second-order valence-corrected chi connectivity index (χ2v) is 4.19. The van der Waals surface area contributed by atoms with Gasteiger partial charge < -0.3 is 15.7 Å². The van der Waals surface area contributed by atoms with Crippen molar-refractivity contribution in [1.82, 2.24) is 4.90 Å². The summed E-state index contributed by atoms with van der Waals surface area (Å²) < 4.78 is 0. The zero-order valence-corrected chi connectivity index (χ0v) is 10.00. The Morgan fingerprint density at radius 2 is 1.87 bits per heavy atom. The van der Waals surface area contributed by atoms with Crippen LogP contribution in [0.3, 0.4) is 0 Å². The Hall–Kier alpha value is -0.610. The van der Waals surface area contributed by atoms with E-state index in [0.717, 1.165) is 32.4 Å². The highest BCUT2D eigenvalue weighted by Crippen LogP contribution is 2.04. The van der Waals surface area contributed by atoms with Crippen LogP contribution >= 0.6 is 0 Å². The third kappa shape index (κ3) is 8.39. The number of amidine groups is 1. The number of hydrogen-bond donors (Lipinski definition) is 3. The first-order valence-corrected chi connectivity index (χ1v) is 5.75. The molecule has 0 fully saturated rings. The zero-order chi connectivity index (χ0) is 11.7. The van der Waals surface area contributed by atoms with Crippen LogP contribution in [0.2, 0.25) is 0 Å². The van der Waals surface area contributed by atoms with E-state index >= 15 is 0 Å². The Balaban J connectivity index is 3.61. The van der Waals surface area contributed by atoms with E-state index in [2.05, 4.69) is 18.7 Å². The van der Waals surface area contributed by atoms with Crippen LogP contribution in [0, 0.1) is 5.41 Å². The molecular formula is C11H25N3O. The number of aliphatic hydroxyl groups is 1. The molecule has 0 saturated carbocycles. The first-order chi connectivity index (χ1) is 7.07. The summed E-state index contributed by atoms with van der Waals surface area (Å²) in [5, 5.41) is 15.9. The molecule has 4 N–H and O–H groups in total. The summed E-state index contributed by atoms with van der Waals surface area (Å²) in [7, 11) is 0. The van der Waals surface area contributed by atoms with Crippen LogP contribution in [0.1, 0.15) is 39.5 Å². The molecule has 0 aliphatic carbocycles. The van der Waals surface area contributed by atoms with Gasteiger partial charge in [-0.05, 0) is 39.7 Å². The molecule has 0 amide bonds. The largest absolute Gasteiger partial charge is 0.396 e. The van der Waals surface area contributed by atoms with Crippen molar-refractivity contribution in [3.05, 3.63) is 0 Å². The first-order valence-electron chi connectivity index (χ1n) is 5.75. The predicted molar refractivity (Wildman–Crippen MR) is 64.2 cm³/mol. The predicted octanol–water partition coefficient (Wildman–Crippen LogP) is 1.19. The summed E-state index contributed by atoms with van der Waals surface area (Å²) in [6.07, 6.45) is 3.59. The quantitative estimate of drug-likeness (QED) is 0.307. The molecule has 0 radical (unpaired) electrons. The van der Waals surface area contributed by atoms with Gasteiger partial charge in [0.15, 0.2) is 0 Å². The maximum atomic E-state index is 8.77. The fourth-order valence-corrected chi connectivity index (χ4v) is 1.53. The van der Waals surface area contributed by atoms with Gasteiger partial charge in [0.05, 0.1) is 5.84 Å². The van der Waals surface area contributed by atoms with E-state index in [1.165, 1.54) is 0 Å². The average molecular weight is 215 g/mol. The molecule has 90 valence electrons. The van der Waals surface area contributed by atoms with Crippen LogP contribution in [-0.4, -0.2) is 41.6 Å². The summed E-state index contributed by atoms with van der Waals surface area (Å²) in [4.78, 5) is 2.36. The van der Waals surface area contributed by atoms with Crippen molar-refractivity contribution in [1.29, 1.82) is 5.41 Å². The standard InChI is InChI=1S/C11H25N3O/c1-10(2)14(8-5-9-15)7-4-3-6-11(12)13/h10,15H,3-9H2,1-2H3,(H3,12,13). The molecule has 0 saturated heterocycles. The molecule has 15 heavy (non-hydrogen) atoms. The topological polar surface area (TPSA) is 73.3 Å². The van der Waals surface area contributed by atoms with Gasteiger partial charge in [-0.15, -0.1) is 0 Å². The van der Waals surface area contributed by atoms with Gasteiger partial charge in [0, 0.05) is 25.6 Å². The van der Waals surface area contributed by atoms with Crippen molar-refractivity contribution < 1.29 is 5.11 Å². The highest BCUT2D eigenvalue weighted by Gasteiger charge is 2.07. The van der Waals surface area contributed by atoms with Gasteiger partial charge in [0.2, 0.25) is 0 Å². The molecule has 0 rings (SSSR count). The summed E-state index contributed by atoms with van der Waals surface area (Å²) in [6, 6.07) is 0.522. The minimum Gasteiger partial charge on any atom is -0.396 e. The van der Waals surface area contributed by atoms with Crippen LogP contribution in [0.5, 0.6) is 0 Å². The summed E-state index contributed by atoms with van der Waals surface area (Å²) in [6.45, 7) is 6.58. The van der Waals surface area contributed by atoms with E-state index in [-0.39, 0.29) is 12.4 Å². The highest BCUT2D eigenvalue weighted by atomic mass is 16.3. The SMILES string of the molecule is CC(C)N(CCCO)CCCCC(=N)N. The van der Waals surface area contributed by atoms with E-state index in [1.807, 2.05) is 0 Å². The summed E-state index contributed by atoms with van der Waals surface area (Å²) >= 11 is 0. The fourth-order valence-electron chi connectivity index (χ4n) is 1.53. The van der Waals surface area contributed by atoms with Crippen molar-refractivity contribution in [3.8, 4) is 0 Å². The molecule has 4 nitrogen and oxygen atoms in total. The lowest BCUT2D eigenvalue weighted by atomic mass is 10.2. The van der Waals surface area contributed by atoms with Gasteiger partial charge in [-0.25, -0.2) is 0 Å². The second kappa shape index (κ2) is 8.68. The van der Waals surface area contributed by atoms with Crippen molar-refractivity contribution in [2.75, 3.05) is 19.7 Å². The lowest BCUT2D eigenvalue weighted by Crippen LogP contribution is -2.33. The van der Waals surface area contributed by atoms with Crippen LogP contribution in [0.25, 0.3) is 0 Å². The van der Waals surface area contributed by atoms with Crippen LogP contribution in [0.4, 0.5) is 0 Å². The molecule has 0 atom stereocenters. The first kappa shape index (κ1) is 14.4. The van der Waals surface area contributed by atoms with Gasteiger partial charge in [0.25, 0.3) is 0 Å². The van der Waals surface area contributed by atoms with Crippen molar-refractivity contribution >= 4 is 5.84 Å². The number of aliphatic hydroxyl groups excluding tert-OH is 1. The molecular weight excluding hydrogens is 190 g/mol. The van der Waals surface area contributed by atoms with E-state index in [4.69, 9.17) is 16.2 Å². The van der Waals surface area contributed by atoms with Crippen LogP contribution in [0.15, 0.2) is 0 Å². The number of rotatable bonds is 9. The molecule has 4 heteroatoms. The fraction of sp³-hybridized carbons (Fsp3) is 0.909. The van der Waals surface area contributed by atoms with Crippen LogP contribution < -0.4 is 5.73 Å². The highest BCUT2D eigenvalue weighted by molar-refractivity contribution is 5.76. The Morgan fingerprint density at radius 1 is 1.27 bits per heavy atom. The number of unbranched alkanes of at least 4 members (excludes halogenated alkanes) is 1. The molecule has 0 aromatic carbocycles. The number of nitrogens with two attached hydrogens (primary N) is 1. The third-order valence-electron chi connectivity index (χ3n) is 2.48. The van der Waals surface area contributed by atoms with Gasteiger partial charge in [0.1, 0.15) is 0 Å². The number of nitrogens with one attached hydrogen (secondary N) is 1. The van der Waals surface area contributed by atoms with Crippen molar-refractivity contribution in [2.24, 2.45) is 5.73 Å². The van der Waals surface area contributed by atoms with E-state index in [0.29, 0.717) is 12.5 Å². The maximum Gasteiger partial charge on any atom is 0.0905 e. The molecule has 0 aromatic heterocycles. The summed E-state index contributed by atoms with van der Waals surface area (Å²) in [5.74, 6) is 0.279. The van der Waals surface area contributed by atoms with Crippen molar-refractivity contribution in [3.63, 3.8) is 0 Å². The molecule has 0 unspecified atom stereocenters. The zero-order valence-electron chi connectivity index (χ0n) is 10.00. The number of nitrogens with zero attached hydrogens (tertiary/aromatic N) is 1. The smallest absolute Gasteiger partial charge is 0.0905 e. The lowest BCUT2D eigenvalue weighted by molar-refractivity contribution is 0.189. The van der Waals surface area contributed by atoms with Gasteiger partial charge in [-0.2, -0.15) is 0 Å². The maximum absolute atomic E-state index is 8.77. The van der Waals surface area contributed by atoms with Gasteiger partial charge in [-0.1, -0.05) is 0 Å². The van der Waals surface area contributed by atoms with Gasteiger partial charge >= 0.3 is 0 Å². The number of hydrogen-bond acceptors (Lipinski definition) is 3. The molecule has 0 spiro atoms. The molecule has 0 bridgehead atoms. The van der Waals surface area contributed by atoms with Crippen molar-refractivity contribution in [2.45, 2.75) is 45.6 Å². The minimum atomic E-state index is 0.261. The average Bonchev–Trinajstić information content (AvgIpc) is 2.15. The Morgan fingerprint density at radius 3 is 2.33 bits per heavy atom. The summed E-state index contributed by atoms with van der Waals surface area (Å²) in [5.41, 5.74) is 5.29. The van der Waals surface area contributed by atoms with Crippen LogP contribution in [-0.2, 0) is 0 Å². The lowest BCUT2D eigenvalue weighted by Gasteiger charge is -2.26. The monoisotopic (exact) mass is 215 g/mol. The van der Waals surface area contributed by atoms with E-state index in [1.54, 1.807) is 0 Å². The Labute approximate surface area is 93.0 Å². The Bertz CT molecular complexity index is 171. The normalized spacial score (nSPS) is 11.3. The molecule has 0 aromatic rings. The Kier molecular flexibility index (Phi) is 8.33. The van der Waals surface area contributed by atoms with E-state index in [9.17, 15) is 0 Å².